The molecule has 1 aliphatic rings. The zero-order chi connectivity index (χ0) is 6.24. The number of halogens is 2. The van der Waals surface area contributed by atoms with Gasteiger partial charge in [0.05, 0.1) is 0 Å². The monoisotopic (exact) mass is 170 g/mol. The number of rotatable bonds is 0. The molecule has 50 valence electrons. The van der Waals surface area contributed by atoms with Gasteiger partial charge in [0.15, 0.2) is 0 Å². The lowest BCUT2D eigenvalue weighted by atomic mass is 10.4. The fourth-order valence-electron chi connectivity index (χ4n) is 0.884. The van der Waals surface area contributed by atoms with Crippen molar-refractivity contribution in [2.75, 3.05) is 0 Å². The summed E-state index contributed by atoms with van der Waals surface area (Å²) in [5.41, 5.74) is 0. The van der Waals surface area contributed by atoms with Gasteiger partial charge in [0, 0.05) is 0 Å². The summed E-state index contributed by atoms with van der Waals surface area (Å²) in [6.45, 7) is 0. The maximum atomic E-state index is 4.90. The van der Waals surface area contributed by atoms with E-state index in [2.05, 4.69) is 0 Å². The molecule has 0 radical (unpaired) electrons. The molecule has 3 heteroatoms. The van der Waals surface area contributed by atoms with E-state index < -0.39 is 8.14 Å². The van der Waals surface area contributed by atoms with Gasteiger partial charge in [0.1, 0.15) is 0 Å². The van der Waals surface area contributed by atoms with Crippen molar-refractivity contribution in [1.82, 2.24) is 0 Å². The fraction of sp³-hybridized carbons (Fsp3) is 1.00. The predicted molar refractivity (Wildman–Crippen MR) is 43.3 cm³/mol. The van der Waals surface area contributed by atoms with E-state index in [1.165, 1.54) is 32.1 Å². The van der Waals surface area contributed by atoms with Crippen molar-refractivity contribution in [2.45, 2.75) is 32.1 Å². The van der Waals surface area contributed by atoms with E-state index in [4.69, 9.17) is 22.2 Å². The zero-order valence-corrected chi connectivity index (χ0v) is 7.92. The minimum absolute atomic E-state index is 0.639. The molecule has 0 nitrogen and oxygen atoms in total. The molecular weight excluding hydrogens is 159 g/mol. The molecule has 1 aliphatic carbocycles. The SMILES string of the molecule is C1CCCC1.Cl[SiH2]Cl. The molecule has 0 aromatic heterocycles. The molecule has 0 aromatic carbocycles. The second kappa shape index (κ2) is 7.80. The molecule has 0 aromatic rings. The van der Waals surface area contributed by atoms with Crippen molar-refractivity contribution in [1.29, 1.82) is 0 Å². The van der Waals surface area contributed by atoms with Crippen molar-refractivity contribution in [3.05, 3.63) is 0 Å². The third-order valence-corrected chi connectivity index (χ3v) is 1.25. The minimum atomic E-state index is -0.639. The largest absolute Gasteiger partial charge is 0.222 e. The number of hydrogen-bond acceptors (Lipinski definition) is 0. The highest BCUT2D eigenvalue weighted by molar-refractivity contribution is 7.22. The Morgan fingerprint density at radius 2 is 0.875 bits per heavy atom. The van der Waals surface area contributed by atoms with Gasteiger partial charge in [-0.05, 0) is 0 Å². The van der Waals surface area contributed by atoms with Crippen LogP contribution in [0.4, 0.5) is 0 Å². The van der Waals surface area contributed by atoms with E-state index in [9.17, 15) is 0 Å². The lowest BCUT2D eigenvalue weighted by molar-refractivity contribution is 0.886. The second-order valence-corrected chi connectivity index (χ2v) is 4.50. The van der Waals surface area contributed by atoms with Crippen molar-refractivity contribution in [2.24, 2.45) is 0 Å². The van der Waals surface area contributed by atoms with Gasteiger partial charge in [0.25, 0.3) is 0 Å². The molecule has 1 saturated carbocycles. The third-order valence-electron chi connectivity index (χ3n) is 1.25. The summed E-state index contributed by atoms with van der Waals surface area (Å²) in [6, 6.07) is 0. The lowest BCUT2D eigenvalue weighted by Gasteiger charge is -1.67. The molecular formula is C5H12Cl2Si. The van der Waals surface area contributed by atoms with Crippen LogP contribution in [0.1, 0.15) is 32.1 Å². The molecule has 0 heterocycles. The van der Waals surface area contributed by atoms with Gasteiger partial charge in [-0.1, -0.05) is 32.1 Å². The highest BCUT2D eigenvalue weighted by Gasteiger charge is 1.95. The van der Waals surface area contributed by atoms with Crippen molar-refractivity contribution >= 4 is 30.3 Å². The summed E-state index contributed by atoms with van der Waals surface area (Å²) >= 11 is 9.81. The van der Waals surface area contributed by atoms with Gasteiger partial charge in [-0.15, -0.1) is 0 Å². The van der Waals surface area contributed by atoms with Crippen LogP contribution in [0, 0.1) is 0 Å². The average molecular weight is 171 g/mol. The van der Waals surface area contributed by atoms with Crippen molar-refractivity contribution < 1.29 is 0 Å². The van der Waals surface area contributed by atoms with E-state index in [1.54, 1.807) is 0 Å². The Hall–Kier alpha value is 0.797. The van der Waals surface area contributed by atoms with Crippen LogP contribution in [-0.4, -0.2) is 8.14 Å². The summed E-state index contributed by atoms with van der Waals surface area (Å²) in [5, 5.41) is 0. The third kappa shape index (κ3) is 6.80. The van der Waals surface area contributed by atoms with Crippen LogP contribution in [0.2, 0.25) is 0 Å². The maximum Gasteiger partial charge on any atom is 0.222 e. The van der Waals surface area contributed by atoms with E-state index in [1.807, 2.05) is 0 Å². The van der Waals surface area contributed by atoms with Crippen molar-refractivity contribution in [3.63, 3.8) is 0 Å². The standard InChI is InChI=1S/C5H10.Cl2H2Si/c1-2-4-5-3-1;1-3-2/h1-5H2;3H2. The Morgan fingerprint density at radius 3 is 1.00 bits per heavy atom. The van der Waals surface area contributed by atoms with Crippen molar-refractivity contribution in [3.8, 4) is 0 Å². The number of hydrogen-bond donors (Lipinski definition) is 0. The Morgan fingerprint density at radius 1 is 0.750 bits per heavy atom. The normalized spacial score (nSPS) is 17.2. The van der Waals surface area contributed by atoms with Gasteiger partial charge in [-0.3, -0.25) is 0 Å². The van der Waals surface area contributed by atoms with E-state index in [0.29, 0.717) is 0 Å². The first-order valence-corrected chi connectivity index (χ1v) is 7.31. The minimum Gasteiger partial charge on any atom is -0.155 e. The maximum absolute atomic E-state index is 4.90. The first kappa shape index (κ1) is 8.80. The molecule has 0 N–H and O–H groups in total. The Kier molecular flexibility index (Phi) is 8.57. The summed E-state index contributed by atoms with van der Waals surface area (Å²) in [6.07, 6.45) is 7.50. The van der Waals surface area contributed by atoms with Crippen LogP contribution in [0.3, 0.4) is 0 Å². The van der Waals surface area contributed by atoms with Crippen LogP contribution in [-0.2, 0) is 0 Å². The molecule has 0 amide bonds. The van der Waals surface area contributed by atoms with Gasteiger partial charge in [-0.2, -0.15) is 22.2 Å². The highest BCUT2D eigenvalue weighted by atomic mass is 35.7. The second-order valence-electron chi connectivity index (χ2n) is 1.87. The zero-order valence-electron chi connectivity index (χ0n) is 5.00. The van der Waals surface area contributed by atoms with Crippen LogP contribution < -0.4 is 0 Å². The van der Waals surface area contributed by atoms with Gasteiger partial charge < -0.3 is 0 Å². The topological polar surface area (TPSA) is 0 Å². The molecule has 0 aliphatic heterocycles. The lowest BCUT2D eigenvalue weighted by Crippen LogP contribution is -1.47. The molecule has 8 heavy (non-hydrogen) atoms. The predicted octanol–water partition coefficient (Wildman–Crippen LogP) is 2.41. The smallest absolute Gasteiger partial charge is 0.155 e. The highest BCUT2D eigenvalue weighted by Crippen LogP contribution is 2.15. The molecule has 0 saturated heterocycles. The quantitative estimate of drug-likeness (QED) is 0.388. The van der Waals surface area contributed by atoms with E-state index in [0.717, 1.165) is 0 Å². The summed E-state index contributed by atoms with van der Waals surface area (Å²) in [5.74, 6) is 0. The molecule has 1 rings (SSSR count). The summed E-state index contributed by atoms with van der Waals surface area (Å²) in [7, 11) is -0.639. The Balaban J connectivity index is 0.000000145. The Labute approximate surface area is 62.8 Å². The van der Waals surface area contributed by atoms with Crippen LogP contribution >= 0.6 is 22.2 Å². The van der Waals surface area contributed by atoms with Gasteiger partial charge in [0.2, 0.25) is 8.14 Å². The molecule has 0 atom stereocenters. The fourth-order valence-corrected chi connectivity index (χ4v) is 0.884. The van der Waals surface area contributed by atoms with Gasteiger partial charge in [-0.25, -0.2) is 0 Å². The summed E-state index contributed by atoms with van der Waals surface area (Å²) < 4.78 is 0. The van der Waals surface area contributed by atoms with Gasteiger partial charge >= 0.3 is 0 Å². The van der Waals surface area contributed by atoms with E-state index in [-0.39, 0.29) is 0 Å². The molecule has 0 unspecified atom stereocenters. The van der Waals surface area contributed by atoms with Crippen LogP contribution in [0.25, 0.3) is 0 Å². The Bertz CT molecular complexity index is 29.8. The first-order valence-electron chi connectivity index (χ1n) is 3.03. The van der Waals surface area contributed by atoms with E-state index >= 15 is 0 Å². The molecule has 0 bridgehead atoms. The molecule has 1 fully saturated rings. The molecule has 0 spiro atoms. The average Bonchev–Trinajstić information content (AvgIpc) is 2.17. The van der Waals surface area contributed by atoms with Crippen LogP contribution in [0.5, 0.6) is 0 Å². The first-order chi connectivity index (χ1) is 3.91. The van der Waals surface area contributed by atoms with Crippen LogP contribution in [0.15, 0.2) is 0 Å². The summed E-state index contributed by atoms with van der Waals surface area (Å²) in [4.78, 5) is 0.